The lowest BCUT2D eigenvalue weighted by molar-refractivity contribution is 0.528. The van der Waals surface area contributed by atoms with Crippen LogP contribution in [0.1, 0.15) is 36.8 Å². The fourth-order valence-electron chi connectivity index (χ4n) is 1.50. The molecule has 3 N–H and O–H groups in total. The molecule has 1 aromatic heterocycles. The Morgan fingerprint density at radius 1 is 1.53 bits per heavy atom. The van der Waals surface area contributed by atoms with Crippen molar-refractivity contribution < 1.29 is 0 Å². The zero-order valence-electron chi connectivity index (χ0n) is 9.62. The molecular formula is C11H21N3S. The Morgan fingerprint density at radius 3 is 2.93 bits per heavy atom. The molecule has 15 heavy (non-hydrogen) atoms. The second kappa shape index (κ2) is 6.93. The third-order valence-corrected chi connectivity index (χ3v) is 3.42. The number of aryl methyl sites for hydroxylation is 1. The van der Waals surface area contributed by atoms with E-state index in [0.29, 0.717) is 6.04 Å². The maximum Gasteiger partial charge on any atom is 0.0798 e. The van der Waals surface area contributed by atoms with Crippen LogP contribution >= 0.6 is 11.3 Å². The second-order valence-electron chi connectivity index (χ2n) is 3.88. The van der Waals surface area contributed by atoms with Crippen molar-refractivity contribution in [2.45, 2.75) is 45.7 Å². The quantitative estimate of drug-likeness (QED) is 0.701. The first kappa shape index (κ1) is 12.6. The summed E-state index contributed by atoms with van der Waals surface area (Å²) in [6.07, 6.45) is 3.36. The van der Waals surface area contributed by atoms with Gasteiger partial charge < -0.3 is 11.1 Å². The minimum atomic E-state index is 0.352. The van der Waals surface area contributed by atoms with Gasteiger partial charge in [-0.05, 0) is 26.3 Å². The highest BCUT2D eigenvalue weighted by Gasteiger charge is 2.02. The highest BCUT2D eigenvalue weighted by atomic mass is 32.1. The van der Waals surface area contributed by atoms with Crippen LogP contribution in [0.25, 0.3) is 0 Å². The summed E-state index contributed by atoms with van der Waals surface area (Å²) in [6, 6.07) is 0.352. The van der Waals surface area contributed by atoms with E-state index in [0.717, 1.165) is 31.6 Å². The molecule has 0 saturated heterocycles. The molecule has 3 nitrogen and oxygen atoms in total. The van der Waals surface area contributed by atoms with Crippen LogP contribution in [-0.4, -0.2) is 17.6 Å². The molecule has 1 atom stereocenters. The van der Waals surface area contributed by atoms with E-state index in [1.807, 2.05) is 5.51 Å². The normalized spacial score (nSPS) is 13.0. The Kier molecular flexibility index (Phi) is 5.83. The second-order valence-corrected chi connectivity index (χ2v) is 4.81. The maximum atomic E-state index is 5.92. The third-order valence-electron chi connectivity index (χ3n) is 2.48. The number of nitrogens with two attached hydrogens (primary N) is 1. The first-order valence-corrected chi connectivity index (χ1v) is 6.47. The molecule has 0 radical (unpaired) electrons. The molecule has 0 aromatic carbocycles. The van der Waals surface area contributed by atoms with Gasteiger partial charge in [0, 0.05) is 17.5 Å². The van der Waals surface area contributed by atoms with Gasteiger partial charge in [-0.2, -0.15) is 0 Å². The smallest absolute Gasteiger partial charge is 0.0798 e. The summed E-state index contributed by atoms with van der Waals surface area (Å²) in [5, 5.41) is 3.41. The summed E-state index contributed by atoms with van der Waals surface area (Å²) >= 11 is 1.71. The first-order chi connectivity index (χ1) is 7.24. The van der Waals surface area contributed by atoms with Crippen LogP contribution in [0.2, 0.25) is 0 Å². The summed E-state index contributed by atoms with van der Waals surface area (Å²) in [6.45, 7) is 6.15. The molecule has 86 valence electrons. The van der Waals surface area contributed by atoms with E-state index in [2.05, 4.69) is 24.1 Å². The number of hydrogen-bond donors (Lipinski definition) is 2. The molecule has 4 heteroatoms. The van der Waals surface area contributed by atoms with E-state index in [1.54, 1.807) is 11.3 Å². The number of hydrogen-bond acceptors (Lipinski definition) is 4. The molecule has 1 aromatic rings. The van der Waals surface area contributed by atoms with E-state index in [1.165, 1.54) is 11.3 Å². The van der Waals surface area contributed by atoms with Crippen LogP contribution in [-0.2, 0) is 6.54 Å². The molecule has 1 heterocycles. The monoisotopic (exact) mass is 227 g/mol. The number of nitrogens with zero attached hydrogens (tertiary/aromatic N) is 1. The highest BCUT2D eigenvalue weighted by Crippen LogP contribution is 2.11. The van der Waals surface area contributed by atoms with Crippen molar-refractivity contribution in [1.29, 1.82) is 0 Å². The van der Waals surface area contributed by atoms with Crippen molar-refractivity contribution in [1.82, 2.24) is 10.3 Å². The Bertz CT molecular complexity index is 273. The van der Waals surface area contributed by atoms with E-state index >= 15 is 0 Å². The molecule has 0 saturated carbocycles. The fourth-order valence-corrected chi connectivity index (χ4v) is 2.25. The van der Waals surface area contributed by atoms with Gasteiger partial charge >= 0.3 is 0 Å². The topological polar surface area (TPSA) is 50.9 Å². The molecule has 0 amide bonds. The molecule has 1 unspecified atom stereocenters. The van der Waals surface area contributed by atoms with E-state index in [4.69, 9.17) is 5.73 Å². The zero-order chi connectivity index (χ0) is 11.1. The molecule has 0 spiro atoms. The van der Waals surface area contributed by atoms with Crippen molar-refractivity contribution in [3.8, 4) is 0 Å². The van der Waals surface area contributed by atoms with Crippen molar-refractivity contribution in [2.24, 2.45) is 5.73 Å². The van der Waals surface area contributed by atoms with Crippen molar-refractivity contribution in [2.75, 3.05) is 6.54 Å². The zero-order valence-corrected chi connectivity index (χ0v) is 10.4. The molecular weight excluding hydrogens is 206 g/mol. The third kappa shape index (κ3) is 4.73. The van der Waals surface area contributed by atoms with E-state index in [-0.39, 0.29) is 0 Å². The highest BCUT2D eigenvalue weighted by molar-refractivity contribution is 7.09. The number of thiazole rings is 1. The lowest BCUT2D eigenvalue weighted by Crippen LogP contribution is -2.26. The lowest BCUT2D eigenvalue weighted by Gasteiger charge is -2.10. The van der Waals surface area contributed by atoms with Crippen LogP contribution in [0.15, 0.2) is 5.51 Å². The van der Waals surface area contributed by atoms with Gasteiger partial charge in [0.15, 0.2) is 0 Å². The van der Waals surface area contributed by atoms with E-state index < -0.39 is 0 Å². The number of rotatable bonds is 7. The number of nitrogens with one attached hydrogen (secondary N) is 1. The molecule has 0 fully saturated rings. The molecule has 1 rings (SSSR count). The molecule has 0 aliphatic rings. The summed E-state index contributed by atoms with van der Waals surface area (Å²) in [5.41, 5.74) is 8.97. The largest absolute Gasteiger partial charge is 0.328 e. The molecule has 0 aliphatic heterocycles. The van der Waals surface area contributed by atoms with Crippen molar-refractivity contribution in [3.05, 3.63) is 16.1 Å². The summed E-state index contributed by atoms with van der Waals surface area (Å²) in [7, 11) is 0. The van der Waals surface area contributed by atoms with Crippen LogP contribution < -0.4 is 11.1 Å². The van der Waals surface area contributed by atoms with Crippen LogP contribution in [0.5, 0.6) is 0 Å². The SMILES string of the molecule is CCCC(N)CCNCc1scnc1C. The first-order valence-electron chi connectivity index (χ1n) is 5.59. The van der Waals surface area contributed by atoms with Crippen LogP contribution in [0.3, 0.4) is 0 Å². The summed E-state index contributed by atoms with van der Waals surface area (Å²) in [5.74, 6) is 0. The van der Waals surface area contributed by atoms with Crippen LogP contribution in [0.4, 0.5) is 0 Å². The Hall–Kier alpha value is -0.450. The van der Waals surface area contributed by atoms with Crippen molar-refractivity contribution in [3.63, 3.8) is 0 Å². The standard InChI is InChI=1S/C11H21N3S/c1-3-4-10(12)5-6-13-7-11-9(2)14-8-15-11/h8,10,13H,3-7,12H2,1-2H3. The van der Waals surface area contributed by atoms with Gasteiger partial charge in [-0.15, -0.1) is 11.3 Å². The molecule has 0 aliphatic carbocycles. The minimum Gasteiger partial charge on any atom is -0.328 e. The minimum absolute atomic E-state index is 0.352. The predicted octanol–water partition coefficient (Wildman–Crippen LogP) is 2.06. The Labute approximate surface area is 96.1 Å². The van der Waals surface area contributed by atoms with Gasteiger partial charge in [0.1, 0.15) is 0 Å². The van der Waals surface area contributed by atoms with E-state index in [9.17, 15) is 0 Å². The maximum absolute atomic E-state index is 5.92. The van der Waals surface area contributed by atoms with Gasteiger partial charge in [-0.3, -0.25) is 0 Å². The summed E-state index contributed by atoms with van der Waals surface area (Å²) < 4.78 is 0. The fraction of sp³-hybridized carbons (Fsp3) is 0.727. The lowest BCUT2D eigenvalue weighted by atomic mass is 10.1. The average Bonchev–Trinajstić information content (AvgIpc) is 2.60. The Morgan fingerprint density at radius 2 is 2.33 bits per heavy atom. The van der Waals surface area contributed by atoms with Gasteiger partial charge in [0.25, 0.3) is 0 Å². The van der Waals surface area contributed by atoms with Crippen LogP contribution in [0, 0.1) is 6.92 Å². The average molecular weight is 227 g/mol. The van der Waals surface area contributed by atoms with Crippen molar-refractivity contribution >= 4 is 11.3 Å². The summed E-state index contributed by atoms with van der Waals surface area (Å²) in [4.78, 5) is 5.55. The van der Waals surface area contributed by atoms with Gasteiger partial charge in [0.2, 0.25) is 0 Å². The van der Waals surface area contributed by atoms with Gasteiger partial charge in [0.05, 0.1) is 11.2 Å². The number of aromatic nitrogens is 1. The molecule has 0 bridgehead atoms. The predicted molar refractivity (Wildman–Crippen MR) is 66.1 cm³/mol. The van der Waals surface area contributed by atoms with Gasteiger partial charge in [-0.25, -0.2) is 4.98 Å². The Balaban J connectivity index is 2.09. The van der Waals surface area contributed by atoms with Gasteiger partial charge in [-0.1, -0.05) is 13.3 Å².